The van der Waals surface area contributed by atoms with Gasteiger partial charge in [-0.2, -0.15) is 0 Å². The van der Waals surface area contributed by atoms with Crippen LogP contribution in [0.3, 0.4) is 0 Å². The molecular weight excluding hydrogens is 326 g/mol. The van der Waals surface area contributed by atoms with Crippen LogP contribution in [-0.2, 0) is 0 Å². The van der Waals surface area contributed by atoms with Gasteiger partial charge in [0.05, 0.1) is 12.7 Å². The van der Waals surface area contributed by atoms with Crippen molar-refractivity contribution in [2.45, 2.75) is 32.7 Å². The Hall–Kier alpha value is -2.43. The quantitative estimate of drug-likeness (QED) is 0.845. The van der Waals surface area contributed by atoms with Gasteiger partial charge in [-0.3, -0.25) is 4.79 Å². The van der Waals surface area contributed by atoms with Crippen LogP contribution in [-0.4, -0.2) is 48.7 Å². The second-order valence-corrected chi connectivity index (χ2v) is 7.36. The zero-order chi connectivity index (χ0) is 18.3. The third kappa shape index (κ3) is 3.06. The molecule has 1 saturated heterocycles. The Labute approximate surface area is 155 Å². The smallest absolute Gasteiger partial charge is 0.255 e. The molecule has 2 aliphatic rings. The Morgan fingerprint density at radius 1 is 1.04 bits per heavy atom. The van der Waals surface area contributed by atoms with Crippen molar-refractivity contribution in [3.05, 3.63) is 47.3 Å². The minimum Gasteiger partial charge on any atom is -0.497 e. The van der Waals surface area contributed by atoms with E-state index in [4.69, 9.17) is 4.74 Å². The van der Waals surface area contributed by atoms with Gasteiger partial charge in [0, 0.05) is 49.3 Å². The lowest BCUT2D eigenvalue weighted by Gasteiger charge is -2.36. The first kappa shape index (κ1) is 17.0. The van der Waals surface area contributed by atoms with Gasteiger partial charge in [0.15, 0.2) is 0 Å². The first-order chi connectivity index (χ1) is 12.6. The summed E-state index contributed by atoms with van der Waals surface area (Å²) in [7, 11) is 1.68. The number of nitrogens with zero attached hydrogens (tertiary/aromatic N) is 3. The highest BCUT2D eigenvalue weighted by atomic mass is 16.5. The minimum atomic E-state index is 0.180. The van der Waals surface area contributed by atoms with Crippen molar-refractivity contribution in [1.82, 2.24) is 9.47 Å². The molecule has 0 radical (unpaired) electrons. The molecule has 1 amide bonds. The standard InChI is InChI=1S/C21H27N3O2/c1-15-14-20(16(2)24(15)18-4-5-18)21(25)23-12-10-22(11-13-23)17-6-8-19(26-3)9-7-17/h6-9,14,18H,4-5,10-13H2,1-3H3. The molecule has 1 aliphatic heterocycles. The summed E-state index contributed by atoms with van der Waals surface area (Å²) in [5.41, 5.74) is 4.41. The van der Waals surface area contributed by atoms with Crippen LogP contribution in [0.1, 0.15) is 40.6 Å². The molecule has 0 bridgehead atoms. The molecule has 138 valence electrons. The number of amides is 1. The number of rotatable bonds is 4. The van der Waals surface area contributed by atoms with Crippen LogP contribution in [0.4, 0.5) is 5.69 Å². The van der Waals surface area contributed by atoms with E-state index in [2.05, 4.69) is 41.5 Å². The van der Waals surface area contributed by atoms with Crippen LogP contribution < -0.4 is 9.64 Å². The number of methoxy groups -OCH3 is 1. The van der Waals surface area contributed by atoms with Gasteiger partial charge in [-0.1, -0.05) is 0 Å². The van der Waals surface area contributed by atoms with Gasteiger partial charge < -0.3 is 19.1 Å². The number of aromatic nitrogens is 1. The third-order valence-corrected chi connectivity index (χ3v) is 5.63. The summed E-state index contributed by atoms with van der Waals surface area (Å²) in [6, 6.07) is 10.8. The lowest BCUT2D eigenvalue weighted by Crippen LogP contribution is -2.48. The van der Waals surface area contributed by atoms with Gasteiger partial charge >= 0.3 is 0 Å². The van der Waals surface area contributed by atoms with E-state index in [0.29, 0.717) is 6.04 Å². The minimum absolute atomic E-state index is 0.180. The van der Waals surface area contributed by atoms with Crippen LogP contribution >= 0.6 is 0 Å². The molecule has 0 unspecified atom stereocenters. The first-order valence-corrected chi connectivity index (χ1v) is 9.45. The first-order valence-electron chi connectivity index (χ1n) is 9.45. The number of ether oxygens (including phenoxy) is 1. The molecule has 5 nitrogen and oxygen atoms in total. The SMILES string of the molecule is COc1ccc(N2CCN(C(=O)c3cc(C)n(C4CC4)c3C)CC2)cc1. The Bertz CT molecular complexity index is 797. The van der Waals surface area contributed by atoms with E-state index >= 15 is 0 Å². The maximum atomic E-state index is 13.0. The van der Waals surface area contributed by atoms with Crippen molar-refractivity contribution in [3.63, 3.8) is 0 Å². The van der Waals surface area contributed by atoms with Crippen LogP contribution in [0.5, 0.6) is 5.75 Å². The molecule has 1 aromatic carbocycles. The van der Waals surface area contributed by atoms with Crippen LogP contribution in [0, 0.1) is 13.8 Å². The van der Waals surface area contributed by atoms with E-state index in [1.54, 1.807) is 7.11 Å². The zero-order valence-electron chi connectivity index (χ0n) is 15.9. The number of hydrogen-bond acceptors (Lipinski definition) is 3. The van der Waals surface area contributed by atoms with Crippen molar-refractivity contribution in [2.75, 3.05) is 38.2 Å². The third-order valence-electron chi connectivity index (χ3n) is 5.63. The molecule has 2 heterocycles. The van der Waals surface area contributed by atoms with Crippen molar-refractivity contribution >= 4 is 11.6 Å². The fraction of sp³-hybridized carbons (Fsp3) is 0.476. The monoisotopic (exact) mass is 353 g/mol. The number of piperazine rings is 1. The van der Waals surface area contributed by atoms with E-state index in [9.17, 15) is 4.79 Å². The summed E-state index contributed by atoms with van der Waals surface area (Å²) in [6.07, 6.45) is 2.48. The topological polar surface area (TPSA) is 37.7 Å². The van der Waals surface area contributed by atoms with E-state index in [0.717, 1.165) is 43.2 Å². The molecule has 0 N–H and O–H groups in total. The average Bonchev–Trinajstić information content (AvgIpc) is 3.46. The molecule has 2 aromatic rings. The second-order valence-electron chi connectivity index (χ2n) is 7.36. The Kier molecular flexibility index (Phi) is 4.39. The van der Waals surface area contributed by atoms with Crippen molar-refractivity contribution < 1.29 is 9.53 Å². The number of carbonyl (C=O) groups is 1. The van der Waals surface area contributed by atoms with Crippen molar-refractivity contribution in [1.29, 1.82) is 0 Å². The lowest BCUT2D eigenvalue weighted by molar-refractivity contribution is 0.0746. The number of anilines is 1. The number of hydrogen-bond donors (Lipinski definition) is 0. The van der Waals surface area contributed by atoms with E-state index in [-0.39, 0.29) is 5.91 Å². The van der Waals surface area contributed by atoms with Gasteiger partial charge in [-0.15, -0.1) is 0 Å². The largest absolute Gasteiger partial charge is 0.497 e. The molecule has 1 aliphatic carbocycles. The molecule has 1 aromatic heterocycles. The molecule has 0 spiro atoms. The summed E-state index contributed by atoms with van der Waals surface area (Å²) in [6.45, 7) is 7.45. The van der Waals surface area contributed by atoms with E-state index < -0.39 is 0 Å². The van der Waals surface area contributed by atoms with Crippen LogP contribution in [0.2, 0.25) is 0 Å². The summed E-state index contributed by atoms with van der Waals surface area (Å²) in [5, 5.41) is 0. The van der Waals surface area contributed by atoms with Gasteiger partial charge in [-0.25, -0.2) is 0 Å². The fourth-order valence-corrected chi connectivity index (χ4v) is 4.02. The molecule has 4 rings (SSSR count). The summed E-state index contributed by atoms with van der Waals surface area (Å²) < 4.78 is 7.57. The highest BCUT2D eigenvalue weighted by molar-refractivity contribution is 5.96. The number of benzene rings is 1. The highest BCUT2D eigenvalue weighted by Gasteiger charge is 2.30. The maximum absolute atomic E-state index is 13.0. The average molecular weight is 353 g/mol. The van der Waals surface area contributed by atoms with E-state index in [1.807, 2.05) is 17.0 Å². The summed E-state index contributed by atoms with van der Waals surface area (Å²) >= 11 is 0. The van der Waals surface area contributed by atoms with Gasteiger partial charge in [-0.05, 0) is 57.0 Å². The van der Waals surface area contributed by atoms with Crippen molar-refractivity contribution in [3.8, 4) is 5.75 Å². The van der Waals surface area contributed by atoms with Gasteiger partial charge in [0.2, 0.25) is 0 Å². The molecule has 26 heavy (non-hydrogen) atoms. The fourth-order valence-electron chi connectivity index (χ4n) is 4.02. The number of carbonyl (C=O) groups excluding carboxylic acids is 1. The Balaban J connectivity index is 1.43. The highest BCUT2D eigenvalue weighted by Crippen LogP contribution is 2.38. The Morgan fingerprint density at radius 3 is 2.27 bits per heavy atom. The summed E-state index contributed by atoms with van der Waals surface area (Å²) in [4.78, 5) is 17.4. The zero-order valence-corrected chi connectivity index (χ0v) is 15.9. The second kappa shape index (κ2) is 6.71. The lowest BCUT2D eigenvalue weighted by atomic mass is 10.2. The molecule has 5 heteroatoms. The van der Waals surface area contributed by atoms with Gasteiger partial charge in [0.1, 0.15) is 5.75 Å². The maximum Gasteiger partial charge on any atom is 0.255 e. The predicted molar refractivity (Wildman–Crippen MR) is 103 cm³/mol. The summed E-state index contributed by atoms with van der Waals surface area (Å²) in [5.74, 6) is 1.05. The Morgan fingerprint density at radius 2 is 1.69 bits per heavy atom. The van der Waals surface area contributed by atoms with E-state index in [1.165, 1.54) is 24.2 Å². The van der Waals surface area contributed by atoms with Crippen LogP contribution in [0.15, 0.2) is 30.3 Å². The van der Waals surface area contributed by atoms with Crippen LogP contribution in [0.25, 0.3) is 0 Å². The predicted octanol–water partition coefficient (Wildman–Crippen LogP) is 3.41. The normalized spacial score (nSPS) is 17.5. The molecular formula is C21H27N3O2. The molecule has 0 atom stereocenters. The number of aryl methyl sites for hydroxylation is 1. The van der Waals surface area contributed by atoms with Crippen molar-refractivity contribution in [2.24, 2.45) is 0 Å². The molecule has 2 fully saturated rings. The molecule has 1 saturated carbocycles. The van der Waals surface area contributed by atoms with Gasteiger partial charge in [0.25, 0.3) is 5.91 Å².